The Morgan fingerprint density at radius 2 is 1.19 bits per heavy atom. The van der Waals surface area contributed by atoms with Gasteiger partial charge in [-0.15, -0.1) is 0 Å². The van der Waals surface area contributed by atoms with Crippen LogP contribution in [-0.4, -0.2) is 43.0 Å². The maximum absolute atomic E-state index is 6.40. The number of hydrogen-bond donors (Lipinski definition) is 1. The van der Waals surface area contributed by atoms with Crippen molar-refractivity contribution in [1.29, 1.82) is 0 Å². The summed E-state index contributed by atoms with van der Waals surface area (Å²) in [7, 11) is -0.200. The highest BCUT2D eigenvalue weighted by molar-refractivity contribution is 7.96. The third kappa shape index (κ3) is 4.55. The maximum Gasteiger partial charge on any atom is 0.197 e. The summed E-state index contributed by atoms with van der Waals surface area (Å²) in [6.07, 6.45) is 3.07. The smallest absolute Gasteiger partial charge is 0.197 e. The zero-order valence-electron chi connectivity index (χ0n) is 18.1. The first-order valence-electron chi connectivity index (χ1n) is 10.8. The summed E-state index contributed by atoms with van der Waals surface area (Å²) in [5.74, 6) is 1.39. The minimum absolute atomic E-state index is 0.588. The third-order valence-corrected chi connectivity index (χ3v) is 10.2. The summed E-state index contributed by atoms with van der Waals surface area (Å²) in [6.45, 7) is 1.95. The van der Waals surface area contributed by atoms with E-state index in [1.807, 2.05) is 7.05 Å². The van der Waals surface area contributed by atoms with E-state index in [9.17, 15) is 0 Å². The molecule has 4 nitrogen and oxygen atoms in total. The number of rotatable bonds is 5. The minimum Gasteiger partial charge on any atom is -0.369 e. The average Bonchev–Trinajstić information content (AvgIpc) is 3.39. The van der Waals surface area contributed by atoms with Gasteiger partial charge in [0.05, 0.1) is 0 Å². The largest absolute Gasteiger partial charge is 0.369 e. The Hall–Kier alpha value is -2.97. The predicted octanol–water partition coefficient (Wildman–Crippen LogP) is 3.42. The van der Waals surface area contributed by atoms with Gasteiger partial charge in [-0.1, -0.05) is 54.6 Å². The molecule has 1 heterocycles. The zero-order valence-corrected chi connectivity index (χ0v) is 19.0. The average molecular weight is 430 g/mol. The molecular weight excluding hydrogens is 399 g/mol. The lowest BCUT2D eigenvalue weighted by atomic mass is 10.4. The van der Waals surface area contributed by atoms with Crippen LogP contribution in [0.1, 0.15) is 12.8 Å². The summed E-state index contributed by atoms with van der Waals surface area (Å²) in [4.78, 5) is 11.6. The van der Waals surface area contributed by atoms with Crippen molar-refractivity contribution in [3.8, 4) is 0 Å². The summed E-state index contributed by atoms with van der Waals surface area (Å²) in [6, 6.07) is 32.4. The fraction of sp³-hybridized carbons (Fsp3) is 0.231. The van der Waals surface area contributed by atoms with Crippen LogP contribution in [0.3, 0.4) is 0 Å². The van der Waals surface area contributed by atoms with Crippen molar-refractivity contribution >= 4 is 35.0 Å². The highest BCUT2D eigenvalue weighted by atomic mass is 31.2. The van der Waals surface area contributed by atoms with Crippen LogP contribution in [0, 0.1) is 0 Å². The molecule has 0 amide bonds. The molecule has 2 N–H and O–H groups in total. The molecule has 0 radical (unpaired) electrons. The van der Waals surface area contributed by atoms with E-state index in [0.717, 1.165) is 25.1 Å². The molecule has 1 aliphatic heterocycles. The van der Waals surface area contributed by atoms with Crippen LogP contribution in [0.2, 0.25) is 0 Å². The van der Waals surface area contributed by atoms with Gasteiger partial charge in [0, 0.05) is 20.1 Å². The SMILES string of the molecule is CN=C(C[P+](c1ccccc1)(c1ccccc1)c1ccccc1)N=C(N)N1CCCC1. The molecule has 0 aliphatic carbocycles. The highest BCUT2D eigenvalue weighted by Crippen LogP contribution is 2.55. The van der Waals surface area contributed by atoms with Gasteiger partial charge in [-0.25, -0.2) is 0 Å². The van der Waals surface area contributed by atoms with Gasteiger partial charge < -0.3 is 10.6 Å². The van der Waals surface area contributed by atoms with E-state index in [-0.39, 0.29) is 0 Å². The van der Waals surface area contributed by atoms with Crippen molar-refractivity contribution in [3.05, 3.63) is 91.0 Å². The van der Waals surface area contributed by atoms with Crippen molar-refractivity contribution in [3.63, 3.8) is 0 Å². The lowest BCUT2D eigenvalue weighted by Gasteiger charge is -2.27. The van der Waals surface area contributed by atoms with E-state index in [4.69, 9.17) is 10.7 Å². The topological polar surface area (TPSA) is 54.0 Å². The number of aliphatic imine (C=N–C) groups is 2. The number of likely N-dealkylation sites (tertiary alicyclic amines) is 1. The Bertz CT molecular complexity index is 930. The molecule has 1 aliphatic rings. The number of benzene rings is 3. The predicted molar refractivity (Wildman–Crippen MR) is 136 cm³/mol. The molecule has 3 aromatic carbocycles. The molecule has 0 aromatic heterocycles. The van der Waals surface area contributed by atoms with Gasteiger partial charge in [0.2, 0.25) is 0 Å². The number of amidine groups is 1. The van der Waals surface area contributed by atoms with Gasteiger partial charge in [0.15, 0.2) is 11.8 Å². The Kier molecular flexibility index (Phi) is 6.79. The summed E-state index contributed by atoms with van der Waals surface area (Å²) < 4.78 is 0. The Morgan fingerprint density at radius 1 is 0.774 bits per heavy atom. The van der Waals surface area contributed by atoms with Crippen LogP contribution < -0.4 is 21.6 Å². The normalized spacial score (nSPS) is 15.3. The van der Waals surface area contributed by atoms with Gasteiger partial charge in [-0.2, -0.15) is 4.99 Å². The quantitative estimate of drug-likeness (QED) is 0.384. The van der Waals surface area contributed by atoms with Gasteiger partial charge in [-0.3, -0.25) is 4.99 Å². The van der Waals surface area contributed by atoms with Crippen LogP contribution in [0.4, 0.5) is 0 Å². The third-order valence-electron chi connectivity index (χ3n) is 5.90. The maximum atomic E-state index is 6.40. The van der Waals surface area contributed by atoms with E-state index in [1.165, 1.54) is 28.8 Å². The molecule has 5 heteroatoms. The van der Waals surface area contributed by atoms with E-state index in [0.29, 0.717) is 5.96 Å². The van der Waals surface area contributed by atoms with E-state index >= 15 is 0 Å². The molecule has 0 unspecified atom stereocenters. The monoisotopic (exact) mass is 429 g/mol. The van der Waals surface area contributed by atoms with Crippen LogP contribution >= 0.6 is 7.26 Å². The molecule has 158 valence electrons. The first-order chi connectivity index (χ1) is 15.2. The van der Waals surface area contributed by atoms with Crippen LogP contribution in [0.15, 0.2) is 101 Å². The number of nitrogens with two attached hydrogens (primary N) is 1. The second kappa shape index (κ2) is 9.89. The van der Waals surface area contributed by atoms with E-state index < -0.39 is 7.26 Å². The van der Waals surface area contributed by atoms with Crippen molar-refractivity contribution in [2.75, 3.05) is 26.3 Å². The molecule has 0 bridgehead atoms. The highest BCUT2D eigenvalue weighted by Gasteiger charge is 2.46. The van der Waals surface area contributed by atoms with E-state index in [2.05, 4.69) is 101 Å². The minimum atomic E-state index is -2.03. The molecule has 1 saturated heterocycles. The fourth-order valence-corrected chi connectivity index (χ4v) is 8.41. The lowest BCUT2D eigenvalue weighted by molar-refractivity contribution is 0.514. The molecule has 1 fully saturated rings. The van der Waals surface area contributed by atoms with Crippen molar-refractivity contribution < 1.29 is 0 Å². The number of hydrogen-bond acceptors (Lipinski definition) is 1. The van der Waals surface area contributed by atoms with Crippen molar-refractivity contribution in [1.82, 2.24) is 4.90 Å². The Balaban J connectivity index is 1.86. The second-order valence-corrected chi connectivity index (χ2v) is 11.3. The van der Waals surface area contributed by atoms with Gasteiger partial charge in [0.1, 0.15) is 29.3 Å². The lowest BCUT2D eigenvalue weighted by Crippen LogP contribution is -2.38. The van der Waals surface area contributed by atoms with Crippen LogP contribution in [0.25, 0.3) is 0 Å². The summed E-state index contributed by atoms with van der Waals surface area (Å²) in [5.41, 5.74) is 6.40. The number of nitrogens with zero attached hydrogens (tertiary/aromatic N) is 3. The molecule has 0 saturated carbocycles. The molecular formula is C26H30N4P+. The molecule has 31 heavy (non-hydrogen) atoms. The van der Waals surface area contributed by atoms with Gasteiger partial charge in [-0.05, 0) is 49.2 Å². The molecule has 3 aromatic rings. The zero-order chi connectivity index (χ0) is 21.5. The van der Waals surface area contributed by atoms with Gasteiger partial charge in [0.25, 0.3) is 0 Å². The fourth-order valence-electron chi connectivity index (χ4n) is 4.29. The Morgan fingerprint density at radius 3 is 1.58 bits per heavy atom. The Labute approximate surface area is 185 Å². The standard InChI is InChI=1S/C26H30N4P/c1-28-25(29-26(27)30-19-11-12-20-30)21-31(22-13-5-2-6-14-22,23-15-7-3-8-16-23)24-17-9-4-10-18-24/h2-10,13-18H,11-12,19-21H2,1H3,(H2,27,28,29)/q+1. The van der Waals surface area contributed by atoms with Crippen LogP contribution in [0.5, 0.6) is 0 Å². The summed E-state index contributed by atoms with van der Waals surface area (Å²) >= 11 is 0. The molecule has 0 spiro atoms. The van der Waals surface area contributed by atoms with Gasteiger partial charge >= 0.3 is 0 Å². The molecule has 0 atom stereocenters. The van der Waals surface area contributed by atoms with E-state index in [1.54, 1.807) is 0 Å². The number of guanidine groups is 1. The molecule has 4 rings (SSSR count). The second-order valence-electron chi connectivity index (χ2n) is 7.78. The van der Waals surface area contributed by atoms with Crippen LogP contribution in [-0.2, 0) is 0 Å². The summed E-state index contributed by atoms with van der Waals surface area (Å²) in [5, 5.41) is 3.97. The van der Waals surface area contributed by atoms with Crippen molar-refractivity contribution in [2.24, 2.45) is 15.7 Å². The first kappa shape index (κ1) is 21.3. The first-order valence-corrected chi connectivity index (χ1v) is 12.8. The van der Waals surface area contributed by atoms with Crippen molar-refractivity contribution in [2.45, 2.75) is 12.8 Å².